The van der Waals surface area contributed by atoms with Gasteiger partial charge in [-0.1, -0.05) is 42.5 Å². The second-order valence-electron chi connectivity index (χ2n) is 5.66. The molecule has 1 saturated heterocycles. The summed E-state index contributed by atoms with van der Waals surface area (Å²) in [5.74, 6) is -0.161. The lowest BCUT2D eigenvalue weighted by Gasteiger charge is -2.34. The molecule has 0 amide bonds. The second kappa shape index (κ2) is 6.83. The van der Waals surface area contributed by atoms with Crippen LogP contribution in [0.2, 0.25) is 0 Å². The van der Waals surface area contributed by atoms with Crippen molar-refractivity contribution in [1.82, 2.24) is 9.80 Å². The first-order chi connectivity index (χ1) is 10.3. The molecule has 3 rings (SSSR count). The van der Waals surface area contributed by atoms with Crippen LogP contribution < -0.4 is 0 Å². The first-order valence-electron chi connectivity index (χ1n) is 7.53. The van der Waals surface area contributed by atoms with E-state index in [9.17, 15) is 4.39 Å². The van der Waals surface area contributed by atoms with Gasteiger partial charge in [-0.15, -0.1) is 0 Å². The zero-order valence-electron chi connectivity index (χ0n) is 12.2. The molecule has 0 atom stereocenters. The molecule has 1 heterocycles. The van der Waals surface area contributed by atoms with Crippen molar-refractivity contribution in [2.24, 2.45) is 0 Å². The highest BCUT2D eigenvalue weighted by atomic mass is 19.1. The first kappa shape index (κ1) is 14.2. The van der Waals surface area contributed by atoms with Crippen molar-refractivity contribution in [1.29, 1.82) is 0 Å². The van der Waals surface area contributed by atoms with Gasteiger partial charge in [-0.25, -0.2) is 4.39 Å². The van der Waals surface area contributed by atoms with Gasteiger partial charge in [0.2, 0.25) is 0 Å². The zero-order chi connectivity index (χ0) is 14.5. The van der Waals surface area contributed by atoms with E-state index in [0.717, 1.165) is 39.3 Å². The summed E-state index contributed by atoms with van der Waals surface area (Å²) in [5.41, 5.74) is 2.57. The molecule has 0 N–H and O–H groups in total. The SMILES string of the molecule is Fc1ccc(CN2CCN(Cc3ccccc3)CC2)cc1. The van der Waals surface area contributed by atoms with Crippen molar-refractivity contribution in [2.45, 2.75) is 13.1 Å². The second-order valence-corrected chi connectivity index (χ2v) is 5.66. The van der Waals surface area contributed by atoms with Crippen LogP contribution in [-0.2, 0) is 13.1 Å². The standard InChI is InChI=1S/C18H21FN2/c19-18-8-6-17(7-9-18)15-21-12-10-20(11-13-21)14-16-4-2-1-3-5-16/h1-9H,10-15H2. The third-order valence-electron chi connectivity index (χ3n) is 4.03. The molecule has 0 radical (unpaired) electrons. The molecule has 0 saturated carbocycles. The summed E-state index contributed by atoms with van der Waals surface area (Å²) in [6, 6.07) is 17.5. The quantitative estimate of drug-likeness (QED) is 0.851. The van der Waals surface area contributed by atoms with Crippen molar-refractivity contribution in [3.05, 3.63) is 71.5 Å². The minimum absolute atomic E-state index is 0.161. The van der Waals surface area contributed by atoms with Gasteiger partial charge in [-0.2, -0.15) is 0 Å². The average Bonchev–Trinajstić information content (AvgIpc) is 2.53. The molecule has 1 aliphatic rings. The van der Waals surface area contributed by atoms with Crippen molar-refractivity contribution < 1.29 is 4.39 Å². The van der Waals surface area contributed by atoms with Crippen molar-refractivity contribution >= 4 is 0 Å². The maximum atomic E-state index is 12.9. The maximum absolute atomic E-state index is 12.9. The lowest BCUT2D eigenvalue weighted by atomic mass is 10.1. The lowest BCUT2D eigenvalue weighted by molar-refractivity contribution is 0.122. The largest absolute Gasteiger partial charge is 0.297 e. The zero-order valence-corrected chi connectivity index (χ0v) is 12.2. The van der Waals surface area contributed by atoms with E-state index in [1.807, 2.05) is 12.1 Å². The number of hydrogen-bond donors (Lipinski definition) is 0. The molecule has 2 aromatic carbocycles. The summed E-state index contributed by atoms with van der Waals surface area (Å²) < 4.78 is 12.9. The molecule has 2 nitrogen and oxygen atoms in total. The van der Waals surface area contributed by atoms with Crippen LogP contribution in [0, 0.1) is 5.82 Å². The number of piperazine rings is 1. The average molecular weight is 284 g/mol. The summed E-state index contributed by atoms with van der Waals surface area (Å²) in [4.78, 5) is 4.94. The predicted octanol–water partition coefficient (Wildman–Crippen LogP) is 3.14. The fourth-order valence-corrected chi connectivity index (χ4v) is 2.80. The molecular formula is C18H21FN2. The molecule has 0 bridgehead atoms. The van der Waals surface area contributed by atoms with Crippen LogP contribution >= 0.6 is 0 Å². The number of benzene rings is 2. The maximum Gasteiger partial charge on any atom is 0.123 e. The van der Waals surface area contributed by atoms with Crippen molar-refractivity contribution in [3.63, 3.8) is 0 Å². The van der Waals surface area contributed by atoms with E-state index < -0.39 is 0 Å². The van der Waals surface area contributed by atoms with Gasteiger partial charge in [0.25, 0.3) is 0 Å². The summed E-state index contributed by atoms with van der Waals surface area (Å²) >= 11 is 0. The van der Waals surface area contributed by atoms with Gasteiger partial charge < -0.3 is 0 Å². The Kier molecular flexibility index (Phi) is 4.63. The Morgan fingerprint density at radius 1 is 0.667 bits per heavy atom. The Bertz CT molecular complexity index is 545. The lowest BCUT2D eigenvalue weighted by Crippen LogP contribution is -2.45. The molecule has 1 aliphatic heterocycles. The normalized spacial score (nSPS) is 17.0. The van der Waals surface area contributed by atoms with Crippen molar-refractivity contribution in [2.75, 3.05) is 26.2 Å². The fraction of sp³-hybridized carbons (Fsp3) is 0.333. The van der Waals surface area contributed by atoms with Gasteiger partial charge in [-0.05, 0) is 23.3 Å². The van der Waals surface area contributed by atoms with Crippen LogP contribution in [0.25, 0.3) is 0 Å². The van der Waals surface area contributed by atoms with E-state index in [2.05, 4.69) is 40.1 Å². The Morgan fingerprint density at radius 3 is 1.67 bits per heavy atom. The summed E-state index contributed by atoms with van der Waals surface area (Å²) in [5, 5.41) is 0. The third kappa shape index (κ3) is 4.13. The highest BCUT2D eigenvalue weighted by Gasteiger charge is 2.16. The Hall–Kier alpha value is -1.71. The summed E-state index contributed by atoms with van der Waals surface area (Å²) in [6.45, 7) is 6.28. The highest BCUT2D eigenvalue weighted by Crippen LogP contribution is 2.12. The Balaban J connectivity index is 1.47. The number of nitrogens with zero attached hydrogens (tertiary/aromatic N) is 2. The van der Waals surface area contributed by atoms with E-state index >= 15 is 0 Å². The van der Waals surface area contributed by atoms with Crippen LogP contribution in [0.15, 0.2) is 54.6 Å². The molecule has 1 fully saturated rings. The van der Waals surface area contributed by atoms with E-state index in [0.29, 0.717) is 0 Å². The first-order valence-corrected chi connectivity index (χ1v) is 7.53. The monoisotopic (exact) mass is 284 g/mol. The molecule has 2 aromatic rings. The molecule has 0 unspecified atom stereocenters. The van der Waals surface area contributed by atoms with Crippen LogP contribution in [0.5, 0.6) is 0 Å². The molecule has 110 valence electrons. The van der Waals surface area contributed by atoms with Crippen LogP contribution in [0.3, 0.4) is 0 Å². The third-order valence-corrected chi connectivity index (χ3v) is 4.03. The van der Waals surface area contributed by atoms with Crippen molar-refractivity contribution in [3.8, 4) is 0 Å². The molecule has 0 aliphatic carbocycles. The molecule has 0 spiro atoms. The van der Waals surface area contributed by atoms with Crippen LogP contribution in [-0.4, -0.2) is 36.0 Å². The molecular weight excluding hydrogens is 263 g/mol. The molecule has 21 heavy (non-hydrogen) atoms. The van der Waals surface area contributed by atoms with E-state index in [-0.39, 0.29) is 5.82 Å². The number of halogens is 1. The van der Waals surface area contributed by atoms with Gasteiger partial charge in [-0.3, -0.25) is 9.80 Å². The summed E-state index contributed by atoms with van der Waals surface area (Å²) in [7, 11) is 0. The van der Waals surface area contributed by atoms with Gasteiger partial charge >= 0.3 is 0 Å². The number of hydrogen-bond acceptors (Lipinski definition) is 2. The van der Waals surface area contributed by atoms with Gasteiger partial charge in [0.15, 0.2) is 0 Å². The van der Waals surface area contributed by atoms with Crippen LogP contribution in [0.1, 0.15) is 11.1 Å². The fourth-order valence-electron chi connectivity index (χ4n) is 2.80. The van der Waals surface area contributed by atoms with E-state index in [4.69, 9.17) is 0 Å². The van der Waals surface area contributed by atoms with Gasteiger partial charge in [0.05, 0.1) is 0 Å². The highest BCUT2D eigenvalue weighted by molar-refractivity contribution is 5.16. The van der Waals surface area contributed by atoms with E-state index in [1.54, 1.807) is 12.1 Å². The minimum Gasteiger partial charge on any atom is -0.297 e. The van der Waals surface area contributed by atoms with Gasteiger partial charge in [0, 0.05) is 39.3 Å². The minimum atomic E-state index is -0.161. The Labute approximate surface area is 125 Å². The smallest absolute Gasteiger partial charge is 0.123 e. The predicted molar refractivity (Wildman–Crippen MR) is 83.4 cm³/mol. The Morgan fingerprint density at radius 2 is 1.14 bits per heavy atom. The van der Waals surface area contributed by atoms with Gasteiger partial charge in [0.1, 0.15) is 5.82 Å². The van der Waals surface area contributed by atoms with E-state index in [1.165, 1.54) is 11.1 Å². The topological polar surface area (TPSA) is 6.48 Å². The molecule has 0 aromatic heterocycles. The molecule has 3 heteroatoms. The summed E-state index contributed by atoms with van der Waals surface area (Å²) in [6.07, 6.45) is 0. The number of rotatable bonds is 4. The van der Waals surface area contributed by atoms with Crippen LogP contribution in [0.4, 0.5) is 4.39 Å².